The molecule has 24 heavy (non-hydrogen) atoms. The molecular weight excluding hydrogens is 349 g/mol. The number of hydrogen-bond donors (Lipinski definition) is 2. The highest BCUT2D eigenvalue weighted by Crippen LogP contribution is 2.21. The number of oxazole rings is 1. The molecule has 0 fully saturated rings. The van der Waals surface area contributed by atoms with Gasteiger partial charge in [0.05, 0.1) is 12.1 Å². The van der Waals surface area contributed by atoms with Crippen LogP contribution in [0.1, 0.15) is 26.0 Å². The fraction of sp³-hybridized carbons (Fsp3) is 0.412. The summed E-state index contributed by atoms with van der Waals surface area (Å²) >= 11 is 5.86. The minimum atomic E-state index is -0.0999. The second kappa shape index (κ2) is 9.67. The highest BCUT2D eigenvalue weighted by Gasteiger charge is 2.15. The van der Waals surface area contributed by atoms with Crippen molar-refractivity contribution in [2.75, 3.05) is 6.54 Å². The summed E-state index contributed by atoms with van der Waals surface area (Å²) in [7, 11) is 0. The van der Waals surface area contributed by atoms with Gasteiger partial charge in [-0.15, -0.1) is 12.4 Å². The van der Waals surface area contributed by atoms with Gasteiger partial charge in [-0.25, -0.2) is 4.98 Å². The van der Waals surface area contributed by atoms with Crippen molar-refractivity contribution < 1.29 is 9.21 Å². The number of nitrogens with zero attached hydrogens (tertiary/aromatic N) is 1. The molecule has 1 unspecified atom stereocenters. The maximum absolute atomic E-state index is 12.1. The Balaban J connectivity index is 0.00000288. The van der Waals surface area contributed by atoms with Crippen molar-refractivity contribution in [3.05, 3.63) is 41.2 Å². The average molecular weight is 372 g/mol. The summed E-state index contributed by atoms with van der Waals surface area (Å²) in [5, 5.41) is 3.59. The second-order valence-electron chi connectivity index (χ2n) is 5.96. The standard InChI is InChI=1S/C17H22ClN3O2.ClH/c1-11(2)7-14(9-19)20-16(22)8-15-10-23-17(21-15)12-3-5-13(18)6-4-12;/h3-6,10-11,14H,7-9,19H2,1-2H3,(H,20,22);1H. The molecule has 2 aromatic rings. The van der Waals surface area contributed by atoms with Crippen molar-refractivity contribution in [2.24, 2.45) is 11.7 Å². The van der Waals surface area contributed by atoms with E-state index in [2.05, 4.69) is 24.1 Å². The van der Waals surface area contributed by atoms with Crippen LogP contribution in [0.2, 0.25) is 5.02 Å². The molecule has 1 aromatic carbocycles. The van der Waals surface area contributed by atoms with Gasteiger partial charge in [0, 0.05) is 23.2 Å². The molecule has 0 aliphatic rings. The van der Waals surface area contributed by atoms with Gasteiger partial charge in [-0.1, -0.05) is 25.4 Å². The Bertz CT molecular complexity index is 642. The number of aromatic nitrogens is 1. The lowest BCUT2D eigenvalue weighted by Crippen LogP contribution is -2.41. The van der Waals surface area contributed by atoms with E-state index in [-0.39, 0.29) is 30.8 Å². The van der Waals surface area contributed by atoms with E-state index in [1.165, 1.54) is 6.26 Å². The second-order valence-corrected chi connectivity index (χ2v) is 6.39. The molecule has 2 rings (SSSR count). The van der Waals surface area contributed by atoms with Crippen LogP contribution < -0.4 is 11.1 Å². The Labute approximate surface area is 153 Å². The molecule has 132 valence electrons. The van der Waals surface area contributed by atoms with Crippen LogP contribution in [0.3, 0.4) is 0 Å². The molecule has 1 aromatic heterocycles. The zero-order chi connectivity index (χ0) is 16.8. The molecule has 1 atom stereocenters. The van der Waals surface area contributed by atoms with Crippen molar-refractivity contribution in [1.29, 1.82) is 0 Å². The molecular formula is C17H23Cl2N3O2. The van der Waals surface area contributed by atoms with Gasteiger partial charge in [0.25, 0.3) is 0 Å². The molecule has 7 heteroatoms. The van der Waals surface area contributed by atoms with E-state index in [4.69, 9.17) is 21.8 Å². The van der Waals surface area contributed by atoms with E-state index in [1.54, 1.807) is 12.1 Å². The molecule has 0 aliphatic heterocycles. The third kappa shape index (κ3) is 6.15. The lowest BCUT2D eigenvalue weighted by molar-refractivity contribution is -0.121. The predicted molar refractivity (Wildman–Crippen MR) is 98.3 cm³/mol. The summed E-state index contributed by atoms with van der Waals surface area (Å²) in [6.45, 7) is 4.63. The molecule has 0 spiro atoms. The minimum Gasteiger partial charge on any atom is -0.444 e. The normalized spacial score (nSPS) is 11.9. The molecule has 0 saturated heterocycles. The number of halogens is 2. The fourth-order valence-corrected chi connectivity index (χ4v) is 2.47. The Morgan fingerprint density at radius 2 is 2.00 bits per heavy atom. The number of nitrogens with one attached hydrogen (secondary N) is 1. The van der Waals surface area contributed by atoms with E-state index >= 15 is 0 Å². The lowest BCUT2D eigenvalue weighted by Gasteiger charge is -2.18. The predicted octanol–water partition coefficient (Wildman–Crippen LogP) is 3.45. The third-order valence-electron chi connectivity index (χ3n) is 3.39. The molecule has 3 N–H and O–H groups in total. The summed E-state index contributed by atoms with van der Waals surface area (Å²) in [4.78, 5) is 16.4. The summed E-state index contributed by atoms with van der Waals surface area (Å²) in [6, 6.07) is 7.18. The SMILES string of the molecule is CC(C)CC(CN)NC(=O)Cc1coc(-c2ccc(Cl)cc2)n1.Cl. The third-order valence-corrected chi connectivity index (χ3v) is 3.64. The van der Waals surface area contributed by atoms with Gasteiger partial charge < -0.3 is 15.5 Å². The first-order valence-corrected chi connectivity index (χ1v) is 8.05. The number of carbonyl (C=O) groups excluding carboxylic acids is 1. The van der Waals surface area contributed by atoms with Gasteiger partial charge >= 0.3 is 0 Å². The van der Waals surface area contributed by atoms with Gasteiger partial charge in [-0.3, -0.25) is 4.79 Å². The van der Waals surface area contributed by atoms with Crippen molar-refractivity contribution in [3.63, 3.8) is 0 Å². The first kappa shape index (κ1) is 20.5. The highest BCUT2D eigenvalue weighted by atomic mass is 35.5. The Kier molecular flexibility index (Phi) is 8.25. The average Bonchev–Trinajstić information content (AvgIpc) is 2.95. The van der Waals surface area contributed by atoms with E-state index in [1.807, 2.05) is 12.1 Å². The first-order chi connectivity index (χ1) is 11.0. The molecule has 0 aliphatic carbocycles. The van der Waals surface area contributed by atoms with Crippen LogP contribution in [0.4, 0.5) is 0 Å². The van der Waals surface area contributed by atoms with Crippen LogP contribution in [-0.2, 0) is 11.2 Å². The number of hydrogen-bond acceptors (Lipinski definition) is 4. The van der Waals surface area contributed by atoms with Crippen LogP contribution in [0.25, 0.3) is 11.5 Å². The molecule has 0 bridgehead atoms. The van der Waals surface area contributed by atoms with Crippen LogP contribution in [0, 0.1) is 5.92 Å². The molecule has 0 saturated carbocycles. The van der Waals surface area contributed by atoms with Crippen molar-refractivity contribution in [1.82, 2.24) is 10.3 Å². The maximum Gasteiger partial charge on any atom is 0.226 e. The van der Waals surface area contributed by atoms with Crippen LogP contribution in [0.5, 0.6) is 0 Å². The summed E-state index contributed by atoms with van der Waals surface area (Å²) in [5.41, 5.74) is 7.11. The largest absolute Gasteiger partial charge is 0.444 e. The fourth-order valence-electron chi connectivity index (χ4n) is 2.34. The molecule has 1 heterocycles. The number of nitrogens with two attached hydrogens (primary N) is 1. The molecule has 1 amide bonds. The Morgan fingerprint density at radius 1 is 1.33 bits per heavy atom. The number of rotatable bonds is 7. The van der Waals surface area contributed by atoms with Crippen LogP contribution >= 0.6 is 24.0 Å². The smallest absolute Gasteiger partial charge is 0.226 e. The zero-order valence-corrected chi connectivity index (χ0v) is 15.4. The van der Waals surface area contributed by atoms with Gasteiger partial charge in [0.1, 0.15) is 6.26 Å². The minimum absolute atomic E-state index is 0. The molecule has 5 nitrogen and oxygen atoms in total. The van der Waals surface area contributed by atoms with E-state index in [0.29, 0.717) is 29.1 Å². The Morgan fingerprint density at radius 3 is 2.58 bits per heavy atom. The summed E-state index contributed by atoms with van der Waals surface area (Å²) in [6.07, 6.45) is 2.53. The Hall–Kier alpha value is -1.56. The maximum atomic E-state index is 12.1. The van der Waals surface area contributed by atoms with Crippen LogP contribution in [0.15, 0.2) is 34.9 Å². The van der Waals surface area contributed by atoms with Gasteiger partial charge in [0.15, 0.2) is 0 Å². The van der Waals surface area contributed by atoms with E-state index < -0.39 is 0 Å². The van der Waals surface area contributed by atoms with E-state index in [0.717, 1.165) is 12.0 Å². The highest BCUT2D eigenvalue weighted by molar-refractivity contribution is 6.30. The lowest BCUT2D eigenvalue weighted by atomic mass is 10.0. The summed E-state index contributed by atoms with van der Waals surface area (Å²) < 4.78 is 5.43. The van der Waals surface area contributed by atoms with E-state index in [9.17, 15) is 4.79 Å². The van der Waals surface area contributed by atoms with Gasteiger partial charge in [-0.2, -0.15) is 0 Å². The summed E-state index contributed by atoms with van der Waals surface area (Å²) in [5.74, 6) is 0.853. The van der Waals surface area contributed by atoms with Crippen molar-refractivity contribution >= 4 is 29.9 Å². The van der Waals surface area contributed by atoms with Gasteiger partial charge in [-0.05, 0) is 36.6 Å². The first-order valence-electron chi connectivity index (χ1n) is 7.67. The zero-order valence-electron chi connectivity index (χ0n) is 13.8. The quantitative estimate of drug-likeness (QED) is 0.780. The van der Waals surface area contributed by atoms with Gasteiger partial charge in [0.2, 0.25) is 11.8 Å². The van der Waals surface area contributed by atoms with Crippen molar-refractivity contribution in [3.8, 4) is 11.5 Å². The monoisotopic (exact) mass is 371 g/mol. The topological polar surface area (TPSA) is 81.1 Å². The number of carbonyl (C=O) groups is 1. The van der Waals surface area contributed by atoms with Crippen molar-refractivity contribution in [2.45, 2.75) is 32.7 Å². The molecule has 0 radical (unpaired) electrons. The number of amides is 1. The van der Waals surface area contributed by atoms with Crippen LogP contribution in [-0.4, -0.2) is 23.5 Å². The number of benzene rings is 1.